The lowest BCUT2D eigenvalue weighted by molar-refractivity contribution is -0.142. The normalized spacial score (nSPS) is 18.9. The van der Waals surface area contributed by atoms with Gasteiger partial charge in [0, 0.05) is 11.6 Å². The zero-order valence-corrected chi connectivity index (χ0v) is 9.08. The molecule has 0 spiro atoms. The predicted octanol–water partition coefficient (Wildman–Crippen LogP) is 0.162. The van der Waals surface area contributed by atoms with Crippen molar-refractivity contribution in [3.63, 3.8) is 0 Å². The first-order valence-corrected chi connectivity index (χ1v) is 5.52. The molecule has 1 atom stereocenters. The highest BCUT2D eigenvalue weighted by Gasteiger charge is 2.28. The molecule has 80 valence electrons. The maximum atomic E-state index is 11.6. The molecule has 2 rings (SSSR count). The van der Waals surface area contributed by atoms with E-state index in [1.807, 2.05) is 12.3 Å². The number of amides is 2. The van der Waals surface area contributed by atoms with E-state index in [0.29, 0.717) is 0 Å². The fourth-order valence-corrected chi connectivity index (χ4v) is 2.21. The summed E-state index contributed by atoms with van der Waals surface area (Å²) in [6.45, 7) is 2.10. The lowest BCUT2D eigenvalue weighted by atomic mass is 10.2. The molecule has 1 aromatic rings. The van der Waals surface area contributed by atoms with E-state index in [1.54, 1.807) is 11.1 Å². The van der Waals surface area contributed by atoms with E-state index >= 15 is 0 Å². The Morgan fingerprint density at radius 3 is 3.07 bits per heavy atom. The number of nitrogens with one attached hydrogen (secondary N) is 1. The van der Waals surface area contributed by atoms with Crippen molar-refractivity contribution in [2.45, 2.75) is 13.0 Å². The van der Waals surface area contributed by atoms with Gasteiger partial charge >= 0.3 is 0 Å². The highest BCUT2D eigenvalue weighted by Crippen LogP contribution is 2.22. The van der Waals surface area contributed by atoms with Gasteiger partial charge in [0.2, 0.25) is 11.8 Å². The second kappa shape index (κ2) is 3.98. The van der Waals surface area contributed by atoms with Gasteiger partial charge in [-0.15, -0.1) is 11.3 Å². The summed E-state index contributed by atoms with van der Waals surface area (Å²) in [5.41, 5.74) is 0. The molecule has 2 amide bonds. The average molecular weight is 225 g/mol. The number of hydrogen-bond acceptors (Lipinski definition) is 4. The predicted molar refractivity (Wildman–Crippen MR) is 55.3 cm³/mol. The summed E-state index contributed by atoms with van der Waals surface area (Å²) >= 11 is 1.49. The Hall–Kier alpha value is -1.43. The van der Waals surface area contributed by atoms with Crippen LogP contribution in [-0.4, -0.2) is 34.8 Å². The first kappa shape index (κ1) is 10.1. The molecule has 0 saturated carbocycles. The number of rotatable bonds is 2. The van der Waals surface area contributed by atoms with E-state index < -0.39 is 0 Å². The molecular formula is C9H11N3O2S. The second-order valence-electron chi connectivity index (χ2n) is 3.34. The molecule has 1 saturated heterocycles. The van der Waals surface area contributed by atoms with Gasteiger partial charge in [0.05, 0.1) is 12.6 Å². The average Bonchev–Trinajstić information content (AvgIpc) is 2.74. The van der Waals surface area contributed by atoms with Gasteiger partial charge in [-0.2, -0.15) is 0 Å². The van der Waals surface area contributed by atoms with Crippen molar-refractivity contribution in [3.05, 3.63) is 16.6 Å². The summed E-state index contributed by atoms with van der Waals surface area (Å²) in [4.78, 5) is 28.4. The minimum Gasteiger partial charge on any atom is -0.345 e. The van der Waals surface area contributed by atoms with E-state index in [4.69, 9.17) is 0 Å². The topological polar surface area (TPSA) is 62.3 Å². The molecule has 2 heterocycles. The molecule has 1 aromatic heterocycles. The molecule has 15 heavy (non-hydrogen) atoms. The number of hydrogen-bond donors (Lipinski definition) is 1. The van der Waals surface area contributed by atoms with Crippen LogP contribution in [0.5, 0.6) is 0 Å². The molecule has 6 heteroatoms. The van der Waals surface area contributed by atoms with Crippen LogP contribution in [-0.2, 0) is 9.59 Å². The van der Waals surface area contributed by atoms with Crippen LogP contribution in [0.15, 0.2) is 11.6 Å². The van der Waals surface area contributed by atoms with Crippen molar-refractivity contribution in [2.75, 3.05) is 13.1 Å². The van der Waals surface area contributed by atoms with Gasteiger partial charge in [-0.25, -0.2) is 4.98 Å². The number of nitrogens with zero attached hydrogens (tertiary/aromatic N) is 2. The monoisotopic (exact) mass is 225 g/mol. The summed E-state index contributed by atoms with van der Waals surface area (Å²) in [6, 6.07) is -0.122. The molecule has 1 fully saturated rings. The Morgan fingerprint density at radius 1 is 1.60 bits per heavy atom. The van der Waals surface area contributed by atoms with Gasteiger partial charge in [-0.3, -0.25) is 9.59 Å². The molecule has 1 aliphatic heterocycles. The molecular weight excluding hydrogens is 214 g/mol. The van der Waals surface area contributed by atoms with Gasteiger partial charge < -0.3 is 10.2 Å². The molecule has 0 bridgehead atoms. The molecule has 0 radical (unpaired) electrons. The fourth-order valence-electron chi connectivity index (χ4n) is 1.50. The summed E-state index contributed by atoms with van der Waals surface area (Å²) in [6.07, 6.45) is 1.70. The van der Waals surface area contributed by atoms with Crippen LogP contribution < -0.4 is 5.32 Å². The molecule has 0 aromatic carbocycles. The summed E-state index contributed by atoms with van der Waals surface area (Å²) in [5.74, 6) is -0.171. The van der Waals surface area contributed by atoms with Gasteiger partial charge in [-0.1, -0.05) is 0 Å². The van der Waals surface area contributed by atoms with Crippen LogP contribution in [0.3, 0.4) is 0 Å². The fraction of sp³-hybridized carbons (Fsp3) is 0.444. The zero-order valence-electron chi connectivity index (χ0n) is 8.27. The van der Waals surface area contributed by atoms with Crippen LogP contribution >= 0.6 is 11.3 Å². The molecule has 1 unspecified atom stereocenters. The van der Waals surface area contributed by atoms with Crippen LogP contribution in [0.25, 0.3) is 0 Å². The third-order valence-electron chi connectivity index (χ3n) is 2.35. The number of piperazine rings is 1. The second-order valence-corrected chi connectivity index (χ2v) is 4.27. The molecule has 0 aliphatic carbocycles. The smallest absolute Gasteiger partial charge is 0.243 e. The van der Waals surface area contributed by atoms with E-state index in [2.05, 4.69) is 10.3 Å². The third-order valence-corrected chi connectivity index (χ3v) is 3.29. The van der Waals surface area contributed by atoms with Crippen LogP contribution in [0.2, 0.25) is 0 Å². The largest absolute Gasteiger partial charge is 0.345 e. The van der Waals surface area contributed by atoms with Crippen molar-refractivity contribution in [2.24, 2.45) is 0 Å². The van der Waals surface area contributed by atoms with Gasteiger partial charge in [-0.05, 0) is 6.92 Å². The Labute approximate surface area is 91.1 Å². The first-order chi connectivity index (χ1) is 7.18. The zero-order chi connectivity index (χ0) is 10.8. The van der Waals surface area contributed by atoms with Crippen LogP contribution in [0, 0.1) is 0 Å². The Morgan fingerprint density at radius 2 is 2.40 bits per heavy atom. The summed E-state index contributed by atoms with van der Waals surface area (Å²) in [5, 5.41) is 5.24. The van der Waals surface area contributed by atoms with Crippen molar-refractivity contribution in [1.29, 1.82) is 0 Å². The lowest BCUT2D eigenvalue weighted by Gasteiger charge is -2.30. The number of thiazole rings is 1. The molecule has 1 N–H and O–H groups in total. The van der Waals surface area contributed by atoms with Crippen molar-refractivity contribution in [1.82, 2.24) is 15.2 Å². The Balaban J connectivity index is 2.15. The highest BCUT2D eigenvalue weighted by atomic mass is 32.1. The van der Waals surface area contributed by atoms with Gasteiger partial charge in [0.1, 0.15) is 11.6 Å². The maximum Gasteiger partial charge on any atom is 0.243 e. The number of carbonyl (C=O) groups excluding carboxylic acids is 2. The number of carbonyl (C=O) groups is 2. The molecule has 1 aliphatic rings. The lowest BCUT2D eigenvalue weighted by Crippen LogP contribution is -2.52. The van der Waals surface area contributed by atoms with Crippen LogP contribution in [0.4, 0.5) is 0 Å². The summed E-state index contributed by atoms with van der Waals surface area (Å²) in [7, 11) is 0. The van der Waals surface area contributed by atoms with Crippen molar-refractivity contribution in [3.8, 4) is 0 Å². The summed E-state index contributed by atoms with van der Waals surface area (Å²) < 4.78 is 0. The first-order valence-electron chi connectivity index (χ1n) is 4.64. The van der Waals surface area contributed by atoms with E-state index in [1.165, 1.54) is 11.3 Å². The minimum absolute atomic E-state index is 0.0581. The quantitative estimate of drug-likeness (QED) is 0.780. The third kappa shape index (κ3) is 1.99. The Kier molecular flexibility index (Phi) is 2.68. The van der Waals surface area contributed by atoms with E-state index in [0.717, 1.165) is 5.01 Å². The minimum atomic E-state index is -0.122. The molecule has 5 nitrogen and oxygen atoms in total. The van der Waals surface area contributed by atoms with E-state index in [-0.39, 0.29) is 30.9 Å². The van der Waals surface area contributed by atoms with Crippen molar-refractivity contribution < 1.29 is 9.59 Å². The van der Waals surface area contributed by atoms with Crippen molar-refractivity contribution >= 4 is 23.2 Å². The van der Waals surface area contributed by atoms with Gasteiger partial charge in [0.15, 0.2) is 0 Å². The SMILES string of the molecule is CC(c1nccs1)N1CC(=O)NCC1=O. The maximum absolute atomic E-state index is 11.6. The van der Waals surface area contributed by atoms with Gasteiger partial charge in [0.25, 0.3) is 0 Å². The Bertz CT molecular complexity index is 377. The highest BCUT2D eigenvalue weighted by molar-refractivity contribution is 7.09. The van der Waals surface area contributed by atoms with E-state index in [9.17, 15) is 9.59 Å². The standard InChI is InChI=1S/C9H11N3O2S/c1-6(9-10-2-3-15-9)12-5-7(13)11-4-8(12)14/h2-3,6H,4-5H2,1H3,(H,11,13). The van der Waals surface area contributed by atoms with Crippen LogP contribution in [0.1, 0.15) is 18.0 Å². The number of aromatic nitrogens is 1.